The molecule has 2 aromatic carbocycles. The summed E-state index contributed by atoms with van der Waals surface area (Å²) in [6.45, 7) is 3.05. The predicted octanol–water partition coefficient (Wildman–Crippen LogP) is 2.49. The molecule has 9 heteroatoms. The fraction of sp³-hybridized carbons (Fsp3) is 0.238. The number of pyridine rings is 1. The number of fused-ring (bicyclic) bond motifs is 2. The van der Waals surface area contributed by atoms with Crippen molar-refractivity contribution in [3.05, 3.63) is 68.6 Å². The fourth-order valence-corrected chi connectivity index (χ4v) is 4.09. The number of hydrogen-bond donors (Lipinski definition) is 2. The molecule has 0 amide bonds. The molecule has 2 unspecified atom stereocenters. The Morgan fingerprint density at radius 2 is 1.87 bits per heavy atom. The number of H-pyrrole nitrogens is 1. The van der Waals surface area contributed by atoms with Gasteiger partial charge in [-0.15, -0.1) is 0 Å². The first-order valence-corrected chi connectivity index (χ1v) is 9.51. The van der Waals surface area contributed by atoms with Crippen LogP contribution in [0, 0.1) is 17.6 Å². The Balaban J connectivity index is 1.87. The number of hydrogen-bond acceptors (Lipinski definition) is 5. The van der Waals surface area contributed by atoms with Gasteiger partial charge in [0, 0.05) is 24.8 Å². The highest BCUT2D eigenvalue weighted by molar-refractivity contribution is 5.94. The van der Waals surface area contributed by atoms with Crippen molar-refractivity contribution in [2.24, 2.45) is 11.7 Å². The summed E-state index contributed by atoms with van der Waals surface area (Å²) < 4.78 is 35.3. The van der Waals surface area contributed by atoms with Gasteiger partial charge in [0.25, 0.3) is 5.56 Å². The van der Waals surface area contributed by atoms with E-state index in [0.29, 0.717) is 30.0 Å². The SMILES string of the molecule is CC1CN(c2cc3c(cc2F)c(=O)c2c(=O)[nH]oc2n3-c2ccc(F)cc2)CC1N. The molecule has 0 aliphatic carbocycles. The van der Waals surface area contributed by atoms with Gasteiger partial charge in [-0.05, 0) is 42.3 Å². The smallest absolute Gasteiger partial charge is 0.293 e. The Morgan fingerprint density at radius 3 is 2.53 bits per heavy atom. The van der Waals surface area contributed by atoms with Crippen LogP contribution in [0.2, 0.25) is 0 Å². The number of benzene rings is 2. The molecule has 154 valence electrons. The van der Waals surface area contributed by atoms with E-state index in [0.717, 1.165) is 6.07 Å². The van der Waals surface area contributed by atoms with Gasteiger partial charge in [0.05, 0.1) is 16.6 Å². The number of aromatic nitrogens is 2. The van der Waals surface area contributed by atoms with E-state index in [9.17, 15) is 14.0 Å². The van der Waals surface area contributed by atoms with Crippen LogP contribution in [0.4, 0.5) is 14.5 Å². The lowest BCUT2D eigenvalue weighted by molar-refractivity contribution is 0.437. The monoisotopic (exact) mass is 412 g/mol. The highest BCUT2D eigenvalue weighted by Gasteiger charge is 2.29. The lowest BCUT2D eigenvalue weighted by Gasteiger charge is -2.21. The van der Waals surface area contributed by atoms with Crippen molar-refractivity contribution in [3.63, 3.8) is 0 Å². The lowest BCUT2D eigenvalue weighted by Crippen LogP contribution is -2.28. The minimum atomic E-state index is -0.711. The summed E-state index contributed by atoms with van der Waals surface area (Å²) in [6.07, 6.45) is 0. The average molecular weight is 412 g/mol. The van der Waals surface area contributed by atoms with E-state index >= 15 is 4.39 Å². The molecule has 1 aliphatic rings. The van der Waals surface area contributed by atoms with Crippen LogP contribution in [0.15, 0.2) is 50.5 Å². The first-order valence-electron chi connectivity index (χ1n) is 9.51. The van der Waals surface area contributed by atoms with Crippen LogP contribution >= 0.6 is 0 Å². The molecule has 0 spiro atoms. The third-order valence-corrected chi connectivity index (χ3v) is 5.76. The molecule has 1 aliphatic heterocycles. The van der Waals surface area contributed by atoms with Crippen LogP contribution < -0.4 is 21.6 Å². The number of aromatic amines is 1. The van der Waals surface area contributed by atoms with E-state index in [1.54, 1.807) is 6.07 Å². The van der Waals surface area contributed by atoms with Crippen molar-refractivity contribution in [1.82, 2.24) is 9.72 Å². The Kier molecular flexibility index (Phi) is 4.04. The third kappa shape index (κ3) is 2.66. The first kappa shape index (κ1) is 18.6. The maximum Gasteiger partial charge on any atom is 0.293 e. The zero-order valence-electron chi connectivity index (χ0n) is 16.0. The molecule has 3 N–H and O–H groups in total. The second-order valence-corrected chi connectivity index (χ2v) is 7.72. The Bertz CT molecular complexity index is 1390. The van der Waals surface area contributed by atoms with Gasteiger partial charge in [-0.2, -0.15) is 5.16 Å². The topological polar surface area (TPSA) is 97.3 Å². The number of nitrogens with zero attached hydrogens (tertiary/aromatic N) is 2. The minimum absolute atomic E-state index is 0.0202. The predicted molar refractivity (Wildman–Crippen MR) is 109 cm³/mol. The summed E-state index contributed by atoms with van der Waals surface area (Å²) in [6, 6.07) is 8.07. The normalized spacial score (nSPS) is 19.3. The van der Waals surface area contributed by atoms with Crippen LogP contribution in [-0.4, -0.2) is 28.9 Å². The summed E-state index contributed by atoms with van der Waals surface area (Å²) >= 11 is 0. The largest absolute Gasteiger partial charge is 0.367 e. The summed E-state index contributed by atoms with van der Waals surface area (Å²) in [4.78, 5) is 27.0. The lowest BCUT2D eigenvalue weighted by atomic mass is 10.1. The number of anilines is 1. The van der Waals surface area contributed by atoms with E-state index in [1.165, 1.54) is 28.8 Å². The van der Waals surface area contributed by atoms with Gasteiger partial charge < -0.3 is 15.2 Å². The first-order chi connectivity index (χ1) is 14.3. The van der Waals surface area contributed by atoms with Gasteiger partial charge in [-0.3, -0.25) is 14.2 Å². The molecular formula is C21H18F2N4O3. The highest BCUT2D eigenvalue weighted by atomic mass is 19.1. The molecule has 2 atom stereocenters. The van der Waals surface area contributed by atoms with Gasteiger partial charge in [-0.25, -0.2) is 8.78 Å². The van der Waals surface area contributed by atoms with Crippen LogP contribution in [-0.2, 0) is 0 Å². The van der Waals surface area contributed by atoms with Crippen molar-refractivity contribution in [2.45, 2.75) is 13.0 Å². The Hall–Kier alpha value is -3.46. The molecular weight excluding hydrogens is 394 g/mol. The molecule has 0 saturated carbocycles. The van der Waals surface area contributed by atoms with Crippen molar-refractivity contribution in [1.29, 1.82) is 0 Å². The number of rotatable bonds is 2. The zero-order chi connectivity index (χ0) is 21.2. The quantitative estimate of drug-likeness (QED) is 0.527. The van der Waals surface area contributed by atoms with Gasteiger partial charge in [0.2, 0.25) is 11.1 Å². The van der Waals surface area contributed by atoms with Crippen LogP contribution in [0.25, 0.3) is 27.7 Å². The van der Waals surface area contributed by atoms with E-state index in [-0.39, 0.29) is 28.4 Å². The average Bonchev–Trinajstić information content (AvgIpc) is 3.26. The second kappa shape index (κ2) is 6.53. The highest BCUT2D eigenvalue weighted by Crippen LogP contribution is 2.31. The van der Waals surface area contributed by atoms with E-state index in [2.05, 4.69) is 5.16 Å². The molecule has 7 nitrogen and oxygen atoms in total. The van der Waals surface area contributed by atoms with Crippen LogP contribution in [0.3, 0.4) is 0 Å². The second-order valence-electron chi connectivity index (χ2n) is 7.72. The molecule has 2 aromatic heterocycles. The Labute approximate surface area is 168 Å². The summed E-state index contributed by atoms with van der Waals surface area (Å²) in [7, 11) is 0. The molecule has 30 heavy (non-hydrogen) atoms. The molecule has 1 fully saturated rings. The van der Waals surface area contributed by atoms with Crippen molar-refractivity contribution >= 4 is 27.7 Å². The standard InChI is InChI=1S/C21H18F2N4O3/c1-10-8-26(9-15(10)24)17-7-16-13(6-14(17)23)19(28)18-20(29)25-30-21(18)27(16)12-4-2-11(22)3-5-12/h2-7,10,15H,8-9,24H2,1H3,(H,25,29). The fourth-order valence-electron chi connectivity index (χ4n) is 4.09. The molecule has 0 radical (unpaired) electrons. The van der Waals surface area contributed by atoms with Crippen molar-refractivity contribution < 1.29 is 13.3 Å². The number of halogens is 2. The van der Waals surface area contributed by atoms with Crippen molar-refractivity contribution in [3.8, 4) is 5.69 Å². The number of nitrogens with one attached hydrogen (secondary N) is 1. The summed E-state index contributed by atoms with van der Waals surface area (Å²) in [5, 5.41) is 1.96. The molecule has 5 rings (SSSR count). The summed E-state index contributed by atoms with van der Waals surface area (Å²) in [5.41, 5.74) is 5.83. The van der Waals surface area contributed by atoms with E-state index in [4.69, 9.17) is 10.3 Å². The van der Waals surface area contributed by atoms with Gasteiger partial charge in [0.15, 0.2) is 5.39 Å². The molecule has 1 saturated heterocycles. The number of nitrogens with two attached hydrogens (primary N) is 1. The Morgan fingerprint density at radius 1 is 1.13 bits per heavy atom. The minimum Gasteiger partial charge on any atom is -0.367 e. The van der Waals surface area contributed by atoms with E-state index in [1.807, 2.05) is 11.8 Å². The van der Waals surface area contributed by atoms with Crippen LogP contribution in [0.1, 0.15) is 6.92 Å². The van der Waals surface area contributed by atoms with Gasteiger partial charge >= 0.3 is 0 Å². The summed E-state index contributed by atoms with van der Waals surface area (Å²) in [5.74, 6) is -0.835. The van der Waals surface area contributed by atoms with Gasteiger partial charge in [-0.1, -0.05) is 6.92 Å². The zero-order valence-corrected chi connectivity index (χ0v) is 16.0. The van der Waals surface area contributed by atoms with E-state index < -0.39 is 22.6 Å². The maximum absolute atomic E-state index is 15.0. The molecule has 4 aromatic rings. The maximum atomic E-state index is 15.0. The molecule has 3 heterocycles. The van der Waals surface area contributed by atoms with Gasteiger partial charge in [0.1, 0.15) is 11.6 Å². The molecule has 0 bridgehead atoms. The van der Waals surface area contributed by atoms with Crippen LogP contribution in [0.5, 0.6) is 0 Å². The third-order valence-electron chi connectivity index (χ3n) is 5.76. The van der Waals surface area contributed by atoms with Crippen molar-refractivity contribution in [2.75, 3.05) is 18.0 Å².